The van der Waals surface area contributed by atoms with E-state index in [2.05, 4.69) is 15.9 Å². The SMILES string of the molecule is CC1(O)CCCN(C(=O)c2sccc2Br)CC1. The summed E-state index contributed by atoms with van der Waals surface area (Å²) in [7, 11) is 0. The summed E-state index contributed by atoms with van der Waals surface area (Å²) in [5.41, 5.74) is -0.623. The molecule has 0 spiro atoms. The second-order valence-corrected chi connectivity index (χ2v) is 6.51. The van der Waals surface area contributed by atoms with Crippen molar-refractivity contribution in [2.45, 2.75) is 31.8 Å². The van der Waals surface area contributed by atoms with Crippen LogP contribution in [0.25, 0.3) is 0 Å². The zero-order valence-corrected chi connectivity index (χ0v) is 12.2. The highest BCUT2D eigenvalue weighted by molar-refractivity contribution is 9.10. The summed E-state index contributed by atoms with van der Waals surface area (Å²) < 4.78 is 0.864. The summed E-state index contributed by atoms with van der Waals surface area (Å²) in [6, 6.07) is 1.89. The predicted molar refractivity (Wildman–Crippen MR) is 72.4 cm³/mol. The number of likely N-dealkylation sites (tertiary alicyclic amines) is 1. The molecule has 94 valence electrons. The van der Waals surface area contributed by atoms with Gasteiger partial charge in [-0.05, 0) is 53.6 Å². The molecule has 1 amide bonds. The Bertz CT molecular complexity index is 416. The lowest BCUT2D eigenvalue weighted by Gasteiger charge is -2.22. The minimum absolute atomic E-state index is 0.0737. The first kappa shape index (κ1) is 13.1. The van der Waals surface area contributed by atoms with E-state index in [4.69, 9.17) is 0 Å². The Morgan fingerprint density at radius 1 is 1.53 bits per heavy atom. The number of halogens is 1. The van der Waals surface area contributed by atoms with Crippen molar-refractivity contribution >= 4 is 33.2 Å². The van der Waals surface area contributed by atoms with Crippen molar-refractivity contribution in [2.24, 2.45) is 0 Å². The maximum Gasteiger partial charge on any atom is 0.265 e. The lowest BCUT2D eigenvalue weighted by Crippen LogP contribution is -2.33. The summed E-state index contributed by atoms with van der Waals surface area (Å²) in [5.74, 6) is 0.0737. The summed E-state index contributed by atoms with van der Waals surface area (Å²) in [6.07, 6.45) is 2.28. The molecule has 17 heavy (non-hydrogen) atoms. The van der Waals surface area contributed by atoms with Crippen molar-refractivity contribution in [1.82, 2.24) is 4.90 Å². The Morgan fingerprint density at radius 2 is 2.29 bits per heavy atom. The number of amides is 1. The molecule has 1 fully saturated rings. The fourth-order valence-electron chi connectivity index (χ4n) is 2.06. The number of hydrogen-bond acceptors (Lipinski definition) is 3. The van der Waals surface area contributed by atoms with E-state index in [1.54, 1.807) is 0 Å². The van der Waals surface area contributed by atoms with Gasteiger partial charge in [-0.2, -0.15) is 0 Å². The fourth-order valence-corrected chi connectivity index (χ4v) is 3.56. The quantitative estimate of drug-likeness (QED) is 0.865. The van der Waals surface area contributed by atoms with Crippen LogP contribution >= 0.6 is 27.3 Å². The molecule has 1 aliphatic heterocycles. The van der Waals surface area contributed by atoms with Crippen molar-refractivity contribution in [1.29, 1.82) is 0 Å². The zero-order chi connectivity index (χ0) is 12.5. The van der Waals surface area contributed by atoms with E-state index < -0.39 is 5.60 Å². The van der Waals surface area contributed by atoms with Gasteiger partial charge in [0.15, 0.2) is 0 Å². The number of thiophene rings is 1. The molecular formula is C12H16BrNO2S. The number of hydrogen-bond donors (Lipinski definition) is 1. The first-order chi connectivity index (χ1) is 7.99. The maximum absolute atomic E-state index is 12.3. The molecule has 1 aliphatic rings. The molecular weight excluding hydrogens is 302 g/mol. The maximum atomic E-state index is 12.3. The molecule has 1 aromatic rings. The van der Waals surface area contributed by atoms with Crippen LogP contribution in [0.1, 0.15) is 35.9 Å². The lowest BCUT2D eigenvalue weighted by molar-refractivity contribution is 0.0438. The molecule has 2 rings (SSSR count). The van der Waals surface area contributed by atoms with E-state index in [1.165, 1.54) is 11.3 Å². The zero-order valence-electron chi connectivity index (χ0n) is 9.78. The monoisotopic (exact) mass is 317 g/mol. The second kappa shape index (κ2) is 5.08. The van der Waals surface area contributed by atoms with E-state index in [1.807, 2.05) is 23.3 Å². The summed E-state index contributed by atoms with van der Waals surface area (Å²) in [6.45, 7) is 3.22. The summed E-state index contributed by atoms with van der Waals surface area (Å²) in [4.78, 5) is 14.9. The third kappa shape index (κ3) is 3.09. The Morgan fingerprint density at radius 3 is 2.94 bits per heavy atom. The van der Waals surface area contributed by atoms with Gasteiger partial charge in [-0.3, -0.25) is 4.79 Å². The van der Waals surface area contributed by atoms with E-state index in [0.717, 1.165) is 28.7 Å². The lowest BCUT2D eigenvalue weighted by atomic mass is 9.98. The van der Waals surface area contributed by atoms with Crippen molar-refractivity contribution in [3.8, 4) is 0 Å². The van der Waals surface area contributed by atoms with Gasteiger partial charge in [-0.1, -0.05) is 0 Å². The van der Waals surface area contributed by atoms with Gasteiger partial charge >= 0.3 is 0 Å². The number of carbonyl (C=O) groups excluding carboxylic acids is 1. The highest BCUT2D eigenvalue weighted by Gasteiger charge is 2.28. The van der Waals surface area contributed by atoms with Gasteiger partial charge in [0.2, 0.25) is 0 Å². The van der Waals surface area contributed by atoms with E-state index in [9.17, 15) is 9.90 Å². The first-order valence-corrected chi connectivity index (χ1v) is 7.41. The first-order valence-electron chi connectivity index (χ1n) is 5.74. The Kier molecular flexibility index (Phi) is 3.90. The molecule has 1 unspecified atom stereocenters. The topological polar surface area (TPSA) is 40.5 Å². The predicted octanol–water partition coefficient (Wildman–Crippen LogP) is 2.89. The summed E-state index contributed by atoms with van der Waals surface area (Å²) in [5, 5.41) is 11.9. The molecule has 3 nitrogen and oxygen atoms in total. The van der Waals surface area contributed by atoms with Crippen LogP contribution in [-0.4, -0.2) is 34.6 Å². The molecule has 1 aromatic heterocycles. The molecule has 0 radical (unpaired) electrons. The third-order valence-electron chi connectivity index (χ3n) is 3.16. The van der Waals surface area contributed by atoms with Crippen molar-refractivity contribution in [2.75, 3.05) is 13.1 Å². The van der Waals surface area contributed by atoms with Crippen LogP contribution in [0.5, 0.6) is 0 Å². The van der Waals surface area contributed by atoms with Crippen LogP contribution in [0, 0.1) is 0 Å². The van der Waals surface area contributed by atoms with Crippen LogP contribution in [-0.2, 0) is 0 Å². The minimum Gasteiger partial charge on any atom is -0.390 e. The molecule has 2 heterocycles. The van der Waals surface area contributed by atoms with Gasteiger partial charge < -0.3 is 10.0 Å². The largest absolute Gasteiger partial charge is 0.390 e. The van der Waals surface area contributed by atoms with Crippen molar-refractivity contribution in [3.05, 3.63) is 20.8 Å². The van der Waals surface area contributed by atoms with Gasteiger partial charge in [0, 0.05) is 17.6 Å². The van der Waals surface area contributed by atoms with Crippen LogP contribution in [0.2, 0.25) is 0 Å². The van der Waals surface area contributed by atoms with Gasteiger partial charge in [-0.25, -0.2) is 0 Å². The molecule has 0 aromatic carbocycles. The van der Waals surface area contributed by atoms with E-state index in [0.29, 0.717) is 13.0 Å². The van der Waals surface area contributed by atoms with Crippen molar-refractivity contribution < 1.29 is 9.90 Å². The second-order valence-electron chi connectivity index (χ2n) is 4.74. The smallest absolute Gasteiger partial charge is 0.265 e. The van der Waals surface area contributed by atoms with Crippen LogP contribution in [0.3, 0.4) is 0 Å². The third-order valence-corrected chi connectivity index (χ3v) is 4.99. The highest BCUT2D eigenvalue weighted by atomic mass is 79.9. The van der Waals surface area contributed by atoms with Crippen LogP contribution < -0.4 is 0 Å². The van der Waals surface area contributed by atoms with Crippen LogP contribution in [0.4, 0.5) is 0 Å². The molecule has 0 bridgehead atoms. The fraction of sp³-hybridized carbons (Fsp3) is 0.583. The Labute approximate surface area is 114 Å². The summed E-state index contributed by atoms with van der Waals surface area (Å²) >= 11 is 4.85. The average Bonchev–Trinajstić information content (AvgIpc) is 2.59. The molecule has 0 aliphatic carbocycles. The number of rotatable bonds is 1. The van der Waals surface area contributed by atoms with Gasteiger partial charge in [0.25, 0.3) is 5.91 Å². The minimum atomic E-state index is -0.623. The van der Waals surface area contributed by atoms with Crippen molar-refractivity contribution in [3.63, 3.8) is 0 Å². The average molecular weight is 318 g/mol. The normalized spacial score (nSPS) is 25.7. The van der Waals surface area contributed by atoms with E-state index >= 15 is 0 Å². The van der Waals surface area contributed by atoms with Gasteiger partial charge in [-0.15, -0.1) is 11.3 Å². The number of carbonyl (C=O) groups is 1. The van der Waals surface area contributed by atoms with Gasteiger partial charge in [0.05, 0.1) is 5.60 Å². The number of aliphatic hydroxyl groups is 1. The van der Waals surface area contributed by atoms with Gasteiger partial charge in [0.1, 0.15) is 4.88 Å². The number of nitrogens with zero attached hydrogens (tertiary/aromatic N) is 1. The highest BCUT2D eigenvalue weighted by Crippen LogP contribution is 2.27. The molecule has 5 heteroatoms. The molecule has 1 atom stereocenters. The van der Waals surface area contributed by atoms with Crippen LogP contribution in [0.15, 0.2) is 15.9 Å². The standard InChI is InChI=1S/C12H16BrNO2S/c1-12(16)4-2-6-14(7-5-12)11(15)10-9(13)3-8-17-10/h3,8,16H,2,4-7H2,1H3. The molecule has 1 saturated heterocycles. The Hall–Kier alpha value is -0.390. The Balaban J connectivity index is 2.08. The van der Waals surface area contributed by atoms with E-state index in [-0.39, 0.29) is 5.91 Å². The molecule has 1 N–H and O–H groups in total. The molecule has 0 saturated carbocycles.